The number of hydrogen-bond acceptors (Lipinski definition) is 8. The summed E-state index contributed by atoms with van der Waals surface area (Å²) in [7, 11) is -2.45. The van der Waals surface area contributed by atoms with Gasteiger partial charge >= 0.3 is 6.03 Å². The van der Waals surface area contributed by atoms with Crippen molar-refractivity contribution in [2.45, 2.75) is 17.4 Å². The van der Waals surface area contributed by atoms with Crippen molar-refractivity contribution in [2.24, 2.45) is 0 Å². The van der Waals surface area contributed by atoms with E-state index in [1.807, 2.05) is 0 Å². The molecule has 0 saturated carbocycles. The minimum atomic E-state index is -3.82. The van der Waals surface area contributed by atoms with E-state index in [0.29, 0.717) is 13.2 Å². The SMILES string of the molecule is COc1ccc(S(=O)(=O)N2CCOCC2)cc1NC(=O)CN1C(=O)N[C@@](C)(c2ccco2)C1=O. The van der Waals surface area contributed by atoms with Crippen LogP contribution in [0.3, 0.4) is 0 Å². The molecule has 4 amide bonds. The van der Waals surface area contributed by atoms with Crippen molar-refractivity contribution in [1.82, 2.24) is 14.5 Å². The molecule has 34 heavy (non-hydrogen) atoms. The van der Waals surface area contributed by atoms with Crippen LogP contribution in [0.5, 0.6) is 5.75 Å². The molecule has 0 unspecified atom stereocenters. The minimum absolute atomic E-state index is 0.0362. The molecule has 0 spiro atoms. The van der Waals surface area contributed by atoms with Crippen LogP contribution >= 0.6 is 0 Å². The fourth-order valence-corrected chi connectivity index (χ4v) is 5.22. The summed E-state index contributed by atoms with van der Waals surface area (Å²) in [5.41, 5.74) is -1.35. The maximum absolute atomic E-state index is 13.0. The van der Waals surface area contributed by atoms with Crippen LogP contribution in [0.2, 0.25) is 0 Å². The Labute approximate surface area is 195 Å². The molecule has 1 aromatic carbocycles. The molecule has 2 N–H and O–H groups in total. The zero-order chi connectivity index (χ0) is 24.5. The predicted octanol–water partition coefficient (Wildman–Crippen LogP) is 0.715. The van der Waals surface area contributed by atoms with E-state index in [1.165, 1.54) is 42.8 Å². The number of carbonyl (C=O) groups excluding carboxylic acids is 3. The summed E-state index contributed by atoms with van der Waals surface area (Å²) >= 11 is 0. The fraction of sp³-hybridized carbons (Fsp3) is 0.381. The lowest BCUT2D eigenvalue weighted by atomic mass is 9.99. The first kappa shape index (κ1) is 23.7. The van der Waals surface area contributed by atoms with E-state index in [-0.39, 0.29) is 35.2 Å². The zero-order valence-corrected chi connectivity index (χ0v) is 19.4. The lowest BCUT2D eigenvalue weighted by Gasteiger charge is -2.26. The number of furan rings is 1. The number of methoxy groups -OCH3 is 1. The van der Waals surface area contributed by atoms with E-state index < -0.39 is 40.0 Å². The zero-order valence-electron chi connectivity index (χ0n) is 18.6. The maximum Gasteiger partial charge on any atom is 0.325 e. The van der Waals surface area contributed by atoms with Gasteiger partial charge in [-0.05, 0) is 37.3 Å². The normalized spacial score (nSPS) is 21.4. The molecule has 4 rings (SSSR count). The van der Waals surface area contributed by atoms with E-state index in [2.05, 4.69) is 10.6 Å². The fourth-order valence-electron chi connectivity index (χ4n) is 3.79. The van der Waals surface area contributed by atoms with Crippen LogP contribution in [0.15, 0.2) is 45.9 Å². The highest BCUT2D eigenvalue weighted by atomic mass is 32.2. The number of hydrogen-bond donors (Lipinski definition) is 2. The molecule has 12 nitrogen and oxygen atoms in total. The van der Waals surface area contributed by atoms with Gasteiger partial charge in [0.25, 0.3) is 5.91 Å². The molecule has 2 aromatic rings. The standard InChI is InChI=1S/C21H24N4O8S/c1-21(17-4-3-9-33-17)19(27)25(20(28)23-21)13-18(26)22-15-12-14(5-6-16(15)31-2)34(29,30)24-7-10-32-11-8-24/h3-6,9,12H,7-8,10-11,13H2,1-2H3,(H,22,26)(H,23,28)/t21-/m0/s1. The van der Waals surface area contributed by atoms with Gasteiger partial charge < -0.3 is 24.5 Å². The summed E-state index contributed by atoms with van der Waals surface area (Å²) in [4.78, 5) is 38.8. The van der Waals surface area contributed by atoms with Gasteiger partial charge in [-0.25, -0.2) is 13.2 Å². The van der Waals surface area contributed by atoms with Crippen LogP contribution in [-0.2, 0) is 29.9 Å². The van der Waals surface area contributed by atoms with Crippen LogP contribution < -0.4 is 15.4 Å². The number of urea groups is 1. The number of carbonyl (C=O) groups is 3. The molecule has 2 fully saturated rings. The third-order valence-corrected chi connectivity index (χ3v) is 7.54. The summed E-state index contributed by atoms with van der Waals surface area (Å²) in [6, 6.07) is 6.46. The summed E-state index contributed by atoms with van der Waals surface area (Å²) in [5, 5.41) is 5.07. The molecular formula is C21H24N4O8S. The molecule has 13 heteroatoms. The second-order valence-corrected chi connectivity index (χ2v) is 9.79. The predicted molar refractivity (Wildman–Crippen MR) is 118 cm³/mol. The molecule has 2 aliphatic rings. The molecule has 3 heterocycles. The number of sulfonamides is 1. The molecule has 0 radical (unpaired) electrons. The van der Waals surface area contributed by atoms with Crippen molar-refractivity contribution >= 4 is 33.6 Å². The second kappa shape index (κ2) is 9.08. The number of imide groups is 1. The van der Waals surface area contributed by atoms with E-state index in [0.717, 1.165) is 4.90 Å². The van der Waals surface area contributed by atoms with E-state index in [9.17, 15) is 22.8 Å². The van der Waals surface area contributed by atoms with Crippen molar-refractivity contribution in [3.05, 3.63) is 42.4 Å². The van der Waals surface area contributed by atoms with Crippen molar-refractivity contribution in [1.29, 1.82) is 0 Å². The van der Waals surface area contributed by atoms with E-state index in [4.69, 9.17) is 13.9 Å². The van der Waals surface area contributed by atoms with Gasteiger partial charge in [-0.2, -0.15) is 4.31 Å². The number of ether oxygens (including phenoxy) is 2. The first-order valence-corrected chi connectivity index (χ1v) is 11.8. The number of nitrogens with zero attached hydrogens (tertiary/aromatic N) is 2. The van der Waals surface area contributed by atoms with Crippen LogP contribution in [0, 0.1) is 0 Å². The Hall–Kier alpha value is -3.42. The monoisotopic (exact) mass is 492 g/mol. The minimum Gasteiger partial charge on any atom is -0.495 e. The van der Waals surface area contributed by atoms with Gasteiger partial charge in [-0.3, -0.25) is 14.5 Å². The molecule has 182 valence electrons. The quantitative estimate of drug-likeness (QED) is 0.537. The maximum atomic E-state index is 13.0. The van der Waals surface area contributed by atoms with E-state index in [1.54, 1.807) is 12.1 Å². The third-order valence-electron chi connectivity index (χ3n) is 5.64. The highest BCUT2D eigenvalue weighted by molar-refractivity contribution is 7.89. The van der Waals surface area contributed by atoms with Crippen LogP contribution in [-0.4, -0.2) is 75.4 Å². The summed E-state index contributed by atoms with van der Waals surface area (Å²) in [6.45, 7) is 1.91. The third kappa shape index (κ3) is 4.24. The Balaban J connectivity index is 1.52. The smallest absolute Gasteiger partial charge is 0.325 e. The molecule has 0 aliphatic carbocycles. The topological polar surface area (TPSA) is 147 Å². The number of amides is 4. The van der Waals surface area contributed by atoms with Gasteiger partial charge in [0.15, 0.2) is 5.54 Å². The highest BCUT2D eigenvalue weighted by Gasteiger charge is 2.51. The summed E-state index contributed by atoms with van der Waals surface area (Å²) < 4.78 is 43.0. The van der Waals surface area contributed by atoms with Gasteiger partial charge in [0.05, 0.1) is 37.2 Å². The number of morpholine rings is 1. The van der Waals surface area contributed by atoms with Crippen LogP contribution in [0.25, 0.3) is 0 Å². The Morgan fingerprint density at radius 1 is 1.24 bits per heavy atom. The van der Waals surface area contributed by atoms with Gasteiger partial charge in [0.2, 0.25) is 15.9 Å². The average molecular weight is 493 g/mol. The Bertz CT molecular complexity index is 1210. The van der Waals surface area contributed by atoms with Gasteiger partial charge in [0, 0.05) is 13.1 Å². The molecule has 2 saturated heterocycles. The van der Waals surface area contributed by atoms with Crippen LogP contribution in [0.4, 0.5) is 10.5 Å². The Morgan fingerprint density at radius 3 is 2.62 bits per heavy atom. The number of benzene rings is 1. The first-order chi connectivity index (χ1) is 16.2. The molecule has 1 aromatic heterocycles. The number of rotatable bonds is 7. The van der Waals surface area contributed by atoms with Gasteiger partial charge in [0.1, 0.15) is 18.1 Å². The summed E-state index contributed by atoms with van der Waals surface area (Å²) in [6.07, 6.45) is 1.37. The lowest BCUT2D eigenvalue weighted by molar-refractivity contribution is -0.134. The lowest BCUT2D eigenvalue weighted by Crippen LogP contribution is -2.42. The number of anilines is 1. The van der Waals surface area contributed by atoms with Crippen molar-refractivity contribution in [2.75, 3.05) is 45.3 Å². The van der Waals surface area contributed by atoms with Crippen molar-refractivity contribution in [3.63, 3.8) is 0 Å². The van der Waals surface area contributed by atoms with Crippen molar-refractivity contribution < 1.29 is 36.7 Å². The first-order valence-electron chi connectivity index (χ1n) is 10.4. The van der Waals surface area contributed by atoms with Crippen LogP contribution in [0.1, 0.15) is 12.7 Å². The highest BCUT2D eigenvalue weighted by Crippen LogP contribution is 2.31. The molecular weight excluding hydrogens is 468 g/mol. The number of nitrogens with one attached hydrogen (secondary N) is 2. The second-order valence-electron chi connectivity index (χ2n) is 7.85. The largest absolute Gasteiger partial charge is 0.495 e. The van der Waals surface area contributed by atoms with E-state index >= 15 is 0 Å². The Kier molecular flexibility index (Phi) is 6.34. The van der Waals surface area contributed by atoms with Gasteiger partial charge in [-0.1, -0.05) is 0 Å². The summed E-state index contributed by atoms with van der Waals surface area (Å²) in [5.74, 6) is -0.923. The Morgan fingerprint density at radius 2 is 1.97 bits per heavy atom. The molecule has 0 bridgehead atoms. The van der Waals surface area contributed by atoms with Gasteiger partial charge in [-0.15, -0.1) is 0 Å². The molecule has 2 aliphatic heterocycles. The average Bonchev–Trinajstić information content (AvgIpc) is 3.44. The van der Waals surface area contributed by atoms with Crippen molar-refractivity contribution in [3.8, 4) is 5.75 Å². The molecule has 1 atom stereocenters.